The molecular weight excluding hydrogens is 268 g/mol. The summed E-state index contributed by atoms with van der Waals surface area (Å²) < 4.78 is 10.9. The lowest BCUT2D eigenvalue weighted by atomic mass is 9.59. The molecule has 3 rings (SSSR count). The number of allylic oxidation sites excluding steroid dienone is 2. The van der Waals surface area contributed by atoms with Crippen molar-refractivity contribution in [2.45, 2.75) is 46.1 Å². The summed E-state index contributed by atoms with van der Waals surface area (Å²) in [6, 6.07) is 0. The molecule has 1 aliphatic heterocycles. The second-order valence-corrected chi connectivity index (χ2v) is 6.42. The summed E-state index contributed by atoms with van der Waals surface area (Å²) in [5.41, 5.74) is 2.47. The second-order valence-electron chi connectivity index (χ2n) is 6.42. The lowest BCUT2D eigenvalue weighted by Crippen LogP contribution is -2.46. The van der Waals surface area contributed by atoms with Crippen molar-refractivity contribution in [3.8, 4) is 0 Å². The Hall–Kier alpha value is -1.84. The van der Waals surface area contributed by atoms with E-state index in [1.807, 2.05) is 6.08 Å². The lowest BCUT2D eigenvalue weighted by molar-refractivity contribution is -0.155. The topological polar surface area (TPSA) is 52.6 Å². The van der Waals surface area contributed by atoms with E-state index >= 15 is 0 Å². The fourth-order valence-corrected chi connectivity index (χ4v) is 3.81. The predicted molar refractivity (Wildman–Crippen MR) is 77.0 cm³/mol. The molecule has 0 bridgehead atoms. The van der Waals surface area contributed by atoms with E-state index in [0.29, 0.717) is 11.3 Å². The van der Waals surface area contributed by atoms with Gasteiger partial charge in [0.2, 0.25) is 0 Å². The van der Waals surface area contributed by atoms with Crippen LogP contribution in [0.5, 0.6) is 0 Å². The maximum Gasteiger partial charge on any atom is 0.339 e. The molecule has 0 saturated heterocycles. The minimum Gasteiger partial charge on any atom is -0.462 e. The fraction of sp³-hybridized carbons (Fsp3) is 0.529. The van der Waals surface area contributed by atoms with Crippen molar-refractivity contribution in [1.82, 2.24) is 0 Å². The molecule has 1 fully saturated rings. The van der Waals surface area contributed by atoms with Gasteiger partial charge in [-0.25, -0.2) is 4.79 Å². The standard InChI is InChI=1S/C17H20O4/c1-9-5-6-15(20-11(3)18)17(4)8-14-12(7-13(9)17)10(2)16(19)21-14/h8,13,15H,1,5-7H2,2-4H3/t13-,15-,17+/m0/s1. The third-order valence-corrected chi connectivity index (χ3v) is 5.08. The third kappa shape index (κ3) is 2.04. The van der Waals surface area contributed by atoms with Gasteiger partial charge in [-0.2, -0.15) is 0 Å². The highest BCUT2D eigenvalue weighted by molar-refractivity contribution is 5.94. The van der Waals surface area contributed by atoms with Crippen LogP contribution in [0.25, 0.3) is 0 Å². The molecule has 0 aromatic rings. The first-order chi connectivity index (χ1) is 9.83. The highest BCUT2D eigenvalue weighted by Crippen LogP contribution is 2.54. The predicted octanol–water partition coefficient (Wildman–Crippen LogP) is 3.05. The van der Waals surface area contributed by atoms with Gasteiger partial charge in [-0.05, 0) is 38.2 Å². The van der Waals surface area contributed by atoms with Gasteiger partial charge in [0.15, 0.2) is 0 Å². The van der Waals surface area contributed by atoms with E-state index < -0.39 is 0 Å². The Bertz CT molecular complexity index is 610. The molecule has 0 unspecified atom stereocenters. The first kappa shape index (κ1) is 14.1. The van der Waals surface area contributed by atoms with E-state index in [9.17, 15) is 9.59 Å². The molecule has 0 N–H and O–H groups in total. The van der Waals surface area contributed by atoms with Gasteiger partial charge >= 0.3 is 11.9 Å². The molecule has 3 atom stereocenters. The molecule has 21 heavy (non-hydrogen) atoms. The van der Waals surface area contributed by atoms with Crippen LogP contribution in [0.2, 0.25) is 0 Å². The van der Waals surface area contributed by atoms with Crippen molar-refractivity contribution in [1.29, 1.82) is 0 Å². The Morgan fingerprint density at radius 2 is 2.24 bits per heavy atom. The molecule has 0 aromatic heterocycles. The zero-order valence-corrected chi connectivity index (χ0v) is 12.7. The summed E-state index contributed by atoms with van der Waals surface area (Å²) in [5.74, 6) is 0.280. The third-order valence-electron chi connectivity index (χ3n) is 5.08. The van der Waals surface area contributed by atoms with Crippen molar-refractivity contribution in [3.63, 3.8) is 0 Å². The molecule has 0 aromatic carbocycles. The number of ether oxygens (including phenoxy) is 2. The summed E-state index contributed by atoms with van der Waals surface area (Å²) in [6.45, 7) is 9.50. The normalized spacial score (nSPS) is 34.9. The average molecular weight is 288 g/mol. The van der Waals surface area contributed by atoms with Crippen LogP contribution in [0.4, 0.5) is 0 Å². The van der Waals surface area contributed by atoms with E-state index in [1.54, 1.807) is 6.92 Å². The number of carbonyl (C=O) groups excluding carboxylic acids is 2. The van der Waals surface area contributed by atoms with Crippen LogP contribution in [-0.2, 0) is 19.1 Å². The van der Waals surface area contributed by atoms with E-state index in [-0.39, 0.29) is 29.4 Å². The number of carbonyl (C=O) groups is 2. The molecule has 4 nitrogen and oxygen atoms in total. The molecular formula is C17H20O4. The number of fused-ring (bicyclic) bond motifs is 2. The molecule has 0 radical (unpaired) electrons. The van der Waals surface area contributed by atoms with Crippen LogP contribution in [0.3, 0.4) is 0 Å². The molecule has 112 valence electrons. The first-order valence-corrected chi connectivity index (χ1v) is 7.33. The Balaban J connectivity index is 2.06. The van der Waals surface area contributed by atoms with Gasteiger partial charge in [-0.15, -0.1) is 0 Å². The van der Waals surface area contributed by atoms with Gasteiger partial charge in [0.1, 0.15) is 11.9 Å². The van der Waals surface area contributed by atoms with Gasteiger partial charge in [0.25, 0.3) is 0 Å². The quantitative estimate of drug-likeness (QED) is 0.549. The Kier molecular flexibility index (Phi) is 3.08. The Morgan fingerprint density at radius 1 is 1.52 bits per heavy atom. The van der Waals surface area contributed by atoms with E-state index in [2.05, 4.69) is 13.5 Å². The molecule has 0 spiro atoms. The maximum absolute atomic E-state index is 11.8. The van der Waals surface area contributed by atoms with Crippen molar-refractivity contribution >= 4 is 11.9 Å². The molecule has 4 heteroatoms. The zero-order chi connectivity index (χ0) is 15.4. The van der Waals surface area contributed by atoms with Crippen LogP contribution >= 0.6 is 0 Å². The van der Waals surface area contributed by atoms with Crippen LogP contribution in [0, 0.1) is 11.3 Å². The Morgan fingerprint density at radius 3 is 2.90 bits per heavy atom. The first-order valence-electron chi connectivity index (χ1n) is 7.33. The van der Waals surface area contributed by atoms with Crippen LogP contribution in [0.15, 0.2) is 35.1 Å². The van der Waals surface area contributed by atoms with Gasteiger partial charge in [-0.1, -0.05) is 19.1 Å². The van der Waals surface area contributed by atoms with Gasteiger partial charge in [-0.3, -0.25) is 4.79 Å². The van der Waals surface area contributed by atoms with E-state index in [0.717, 1.165) is 30.4 Å². The van der Waals surface area contributed by atoms with Crippen LogP contribution in [-0.4, -0.2) is 18.0 Å². The van der Waals surface area contributed by atoms with E-state index in [1.165, 1.54) is 6.92 Å². The zero-order valence-electron chi connectivity index (χ0n) is 12.7. The average Bonchev–Trinajstić information content (AvgIpc) is 2.66. The van der Waals surface area contributed by atoms with Crippen molar-refractivity contribution in [3.05, 3.63) is 35.1 Å². The number of hydrogen-bond acceptors (Lipinski definition) is 4. The summed E-state index contributed by atoms with van der Waals surface area (Å²) in [6.07, 6.45) is 4.13. The minimum atomic E-state index is -0.356. The highest BCUT2D eigenvalue weighted by atomic mass is 16.5. The molecule has 2 aliphatic carbocycles. The van der Waals surface area contributed by atoms with E-state index in [4.69, 9.17) is 9.47 Å². The Labute approximate surface area is 124 Å². The fourth-order valence-electron chi connectivity index (χ4n) is 3.81. The maximum atomic E-state index is 11.8. The van der Waals surface area contributed by atoms with Crippen molar-refractivity contribution in [2.75, 3.05) is 0 Å². The van der Waals surface area contributed by atoms with Crippen LogP contribution in [0.1, 0.15) is 40.0 Å². The summed E-state index contributed by atoms with van der Waals surface area (Å²) in [4.78, 5) is 23.1. The number of rotatable bonds is 1. The molecule has 3 aliphatic rings. The van der Waals surface area contributed by atoms with Gasteiger partial charge < -0.3 is 9.47 Å². The number of esters is 2. The summed E-state index contributed by atoms with van der Waals surface area (Å²) in [5, 5.41) is 0. The smallest absolute Gasteiger partial charge is 0.339 e. The lowest BCUT2D eigenvalue weighted by Gasteiger charge is -2.48. The molecule has 0 amide bonds. The van der Waals surface area contributed by atoms with Crippen LogP contribution < -0.4 is 0 Å². The monoisotopic (exact) mass is 288 g/mol. The highest BCUT2D eigenvalue weighted by Gasteiger charge is 2.51. The van der Waals surface area contributed by atoms with Gasteiger partial charge in [0, 0.05) is 23.5 Å². The minimum absolute atomic E-state index is 0.179. The summed E-state index contributed by atoms with van der Waals surface area (Å²) >= 11 is 0. The SMILES string of the molecule is C=C1CC[C@H](OC(C)=O)[C@]2(C)C=C3OC(=O)C(C)=C3C[C@@H]12. The van der Waals surface area contributed by atoms with Crippen molar-refractivity contribution < 1.29 is 19.1 Å². The molecule has 1 heterocycles. The largest absolute Gasteiger partial charge is 0.462 e. The van der Waals surface area contributed by atoms with Crippen molar-refractivity contribution in [2.24, 2.45) is 11.3 Å². The summed E-state index contributed by atoms with van der Waals surface area (Å²) in [7, 11) is 0. The number of hydrogen-bond donors (Lipinski definition) is 0. The second kappa shape index (κ2) is 4.58. The molecule has 1 saturated carbocycles. The van der Waals surface area contributed by atoms with Gasteiger partial charge in [0.05, 0.1) is 0 Å².